The van der Waals surface area contributed by atoms with E-state index in [1.807, 2.05) is 6.92 Å². The minimum atomic E-state index is -0.646. The minimum Gasteiger partial charge on any atom is -0.484 e. The van der Waals surface area contributed by atoms with Crippen LogP contribution in [0.4, 0.5) is 0 Å². The Labute approximate surface area is 160 Å². The van der Waals surface area contributed by atoms with Crippen molar-refractivity contribution in [1.29, 1.82) is 0 Å². The summed E-state index contributed by atoms with van der Waals surface area (Å²) in [5.74, 6) is 0.501. The van der Waals surface area contributed by atoms with Crippen LogP contribution in [0.3, 0.4) is 0 Å². The number of carbonyl (C=O) groups excluding carboxylic acids is 1. The zero-order valence-corrected chi connectivity index (χ0v) is 15.6. The first-order valence-corrected chi connectivity index (χ1v) is 9.38. The van der Waals surface area contributed by atoms with E-state index >= 15 is 0 Å². The fourth-order valence-corrected chi connectivity index (χ4v) is 3.28. The van der Waals surface area contributed by atoms with Crippen molar-refractivity contribution >= 4 is 28.5 Å². The summed E-state index contributed by atoms with van der Waals surface area (Å²) >= 11 is 6.42. The Morgan fingerprint density at radius 2 is 2.19 bits per heavy atom. The van der Waals surface area contributed by atoms with Crippen molar-refractivity contribution in [2.75, 3.05) is 26.4 Å². The first kappa shape index (κ1) is 18.1. The van der Waals surface area contributed by atoms with Crippen LogP contribution < -0.4 is 14.9 Å². The van der Waals surface area contributed by atoms with Crippen molar-refractivity contribution in [2.45, 2.75) is 25.9 Å². The van der Waals surface area contributed by atoms with Gasteiger partial charge in [-0.2, -0.15) is 0 Å². The van der Waals surface area contributed by atoms with Gasteiger partial charge in [-0.3, -0.25) is 4.79 Å². The highest BCUT2D eigenvalue weighted by atomic mass is 35.5. The first-order valence-electron chi connectivity index (χ1n) is 9.00. The Morgan fingerprint density at radius 1 is 1.37 bits per heavy atom. The Balaban J connectivity index is 1.66. The maximum atomic E-state index is 12.8. The van der Waals surface area contributed by atoms with Crippen LogP contribution in [0.5, 0.6) is 11.5 Å². The number of halogens is 1. The summed E-state index contributed by atoms with van der Waals surface area (Å²) in [6, 6.07) is 1.65. The van der Waals surface area contributed by atoms with E-state index in [0.29, 0.717) is 42.8 Å². The number of benzene rings is 1. The zero-order chi connectivity index (χ0) is 19.0. The molecule has 144 valence electrons. The molecular weight excluding hydrogens is 374 g/mol. The molecule has 1 aliphatic heterocycles. The lowest BCUT2D eigenvalue weighted by Crippen LogP contribution is -2.33. The number of aromatic nitrogens is 1. The Morgan fingerprint density at radius 3 is 2.93 bits per heavy atom. The van der Waals surface area contributed by atoms with Crippen molar-refractivity contribution in [3.8, 4) is 11.5 Å². The van der Waals surface area contributed by atoms with E-state index in [9.17, 15) is 9.59 Å². The largest absolute Gasteiger partial charge is 0.484 e. The minimum absolute atomic E-state index is 0.0732. The topological polar surface area (TPSA) is 86.9 Å². The maximum absolute atomic E-state index is 12.8. The van der Waals surface area contributed by atoms with Crippen molar-refractivity contribution in [1.82, 2.24) is 4.98 Å². The first-order chi connectivity index (χ1) is 13.1. The number of aromatic amines is 1. The average Bonchev–Trinajstić information content (AvgIpc) is 3.49. The predicted octanol–water partition coefficient (Wildman–Crippen LogP) is 2.92. The smallest absolute Gasteiger partial charge is 0.343 e. The predicted molar refractivity (Wildman–Crippen MR) is 99.0 cm³/mol. The fraction of sp³-hybridized carbons (Fsp3) is 0.474. The summed E-state index contributed by atoms with van der Waals surface area (Å²) < 4.78 is 22.2. The van der Waals surface area contributed by atoms with Crippen molar-refractivity contribution in [2.24, 2.45) is 5.92 Å². The highest BCUT2D eigenvalue weighted by molar-refractivity contribution is 6.37. The van der Waals surface area contributed by atoms with Gasteiger partial charge in [0.2, 0.25) is 5.43 Å². The highest BCUT2D eigenvalue weighted by Crippen LogP contribution is 2.42. The quantitative estimate of drug-likeness (QED) is 0.759. The lowest BCUT2D eigenvalue weighted by atomic mass is 10.1. The zero-order valence-electron chi connectivity index (χ0n) is 14.9. The molecule has 1 N–H and O–H groups in total. The van der Waals surface area contributed by atoms with Crippen LogP contribution in [0.2, 0.25) is 5.02 Å². The molecule has 1 unspecified atom stereocenters. The average molecular weight is 394 g/mol. The summed E-state index contributed by atoms with van der Waals surface area (Å²) in [5, 5.41) is 0.304. The van der Waals surface area contributed by atoms with Crippen molar-refractivity contribution in [3.63, 3.8) is 0 Å². The molecule has 0 saturated heterocycles. The molecule has 8 heteroatoms. The monoisotopic (exact) mass is 393 g/mol. The molecule has 2 aromatic rings. The molecule has 1 aromatic carbocycles. The second-order valence-corrected chi connectivity index (χ2v) is 7.10. The molecule has 27 heavy (non-hydrogen) atoms. The van der Waals surface area contributed by atoms with E-state index < -0.39 is 11.4 Å². The van der Waals surface area contributed by atoms with E-state index in [1.165, 1.54) is 6.20 Å². The molecule has 1 fully saturated rings. The lowest BCUT2D eigenvalue weighted by Gasteiger charge is -2.27. The Kier molecular flexibility index (Phi) is 4.97. The van der Waals surface area contributed by atoms with Gasteiger partial charge in [0.05, 0.1) is 29.1 Å². The Hall–Kier alpha value is -2.25. The molecule has 0 radical (unpaired) electrons. The van der Waals surface area contributed by atoms with Gasteiger partial charge in [0.1, 0.15) is 12.2 Å². The van der Waals surface area contributed by atoms with E-state index in [0.717, 1.165) is 12.8 Å². The third-order valence-corrected chi connectivity index (χ3v) is 4.97. The number of fused-ring (bicyclic) bond motifs is 2. The van der Waals surface area contributed by atoms with Crippen LogP contribution in [0.15, 0.2) is 17.1 Å². The van der Waals surface area contributed by atoms with Gasteiger partial charge in [-0.1, -0.05) is 11.6 Å². The third kappa shape index (κ3) is 3.61. The van der Waals surface area contributed by atoms with Crippen LogP contribution in [-0.2, 0) is 9.47 Å². The fourth-order valence-electron chi connectivity index (χ4n) is 2.95. The number of hydrogen-bond acceptors (Lipinski definition) is 6. The third-order valence-electron chi connectivity index (χ3n) is 4.61. The second-order valence-electron chi connectivity index (χ2n) is 6.72. The number of esters is 1. The molecule has 1 saturated carbocycles. The summed E-state index contributed by atoms with van der Waals surface area (Å²) in [4.78, 5) is 28.0. The SMILES string of the molecule is CCOCC1COc2c(cc3[nH]cc(C(=O)OCC4CC4)c(=O)c3c2Cl)O1. The van der Waals surface area contributed by atoms with Gasteiger partial charge >= 0.3 is 5.97 Å². The molecule has 2 aliphatic rings. The molecule has 0 bridgehead atoms. The van der Waals surface area contributed by atoms with Crippen LogP contribution in [0.1, 0.15) is 30.1 Å². The van der Waals surface area contributed by atoms with Crippen molar-refractivity contribution in [3.05, 3.63) is 33.1 Å². The van der Waals surface area contributed by atoms with Crippen LogP contribution >= 0.6 is 11.6 Å². The number of ether oxygens (including phenoxy) is 4. The molecule has 4 rings (SSSR count). The number of hydrogen-bond donors (Lipinski definition) is 1. The normalized spacial score (nSPS) is 18.5. The molecule has 1 atom stereocenters. The van der Waals surface area contributed by atoms with Gasteiger partial charge in [-0.05, 0) is 25.7 Å². The van der Waals surface area contributed by atoms with Gasteiger partial charge < -0.3 is 23.9 Å². The molecule has 1 aromatic heterocycles. The number of pyridine rings is 1. The van der Waals surface area contributed by atoms with E-state index in [1.54, 1.807) is 6.07 Å². The van der Waals surface area contributed by atoms with Crippen molar-refractivity contribution < 1.29 is 23.7 Å². The standard InChI is InChI=1S/C19H20ClNO6/c1-2-24-8-11-9-25-18-14(27-11)5-13-15(16(18)20)17(22)12(6-21-13)19(23)26-7-10-3-4-10/h5-6,10-11H,2-4,7-9H2,1H3,(H,21,22). The van der Waals surface area contributed by atoms with Gasteiger partial charge in [0.25, 0.3) is 0 Å². The summed E-state index contributed by atoms with van der Waals surface area (Å²) in [5.41, 5.74) is -0.100. The van der Waals surface area contributed by atoms with E-state index in [4.69, 9.17) is 30.5 Å². The summed E-state index contributed by atoms with van der Waals surface area (Å²) in [7, 11) is 0. The molecule has 0 amide bonds. The van der Waals surface area contributed by atoms with E-state index in [2.05, 4.69) is 4.98 Å². The maximum Gasteiger partial charge on any atom is 0.343 e. The number of carbonyl (C=O) groups is 1. The molecule has 1 aliphatic carbocycles. The highest BCUT2D eigenvalue weighted by Gasteiger charge is 2.28. The van der Waals surface area contributed by atoms with Crippen LogP contribution in [0, 0.1) is 5.92 Å². The lowest BCUT2D eigenvalue weighted by molar-refractivity contribution is 0.0130. The number of H-pyrrole nitrogens is 1. The van der Waals surface area contributed by atoms with Gasteiger partial charge in [0.15, 0.2) is 17.6 Å². The van der Waals surface area contributed by atoms with E-state index in [-0.39, 0.29) is 28.7 Å². The summed E-state index contributed by atoms with van der Waals surface area (Å²) in [6.45, 7) is 3.48. The number of rotatable bonds is 6. The number of nitrogens with one attached hydrogen (secondary N) is 1. The van der Waals surface area contributed by atoms with Crippen LogP contribution in [0.25, 0.3) is 10.9 Å². The van der Waals surface area contributed by atoms with Gasteiger partial charge in [-0.15, -0.1) is 0 Å². The second kappa shape index (κ2) is 7.40. The van der Waals surface area contributed by atoms with Gasteiger partial charge in [-0.25, -0.2) is 4.79 Å². The van der Waals surface area contributed by atoms with Gasteiger partial charge in [0, 0.05) is 18.9 Å². The Bertz CT molecular complexity index is 936. The molecule has 7 nitrogen and oxygen atoms in total. The van der Waals surface area contributed by atoms with Crippen LogP contribution in [-0.4, -0.2) is 43.5 Å². The molecule has 2 heterocycles. The molecular formula is C19H20ClNO6. The summed E-state index contributed by atoms with van der Waals surface area (Å²) in [6.07, 6.45) is 3.21. The molecule has 0 spiro atoms.